The van der Waals surface area contributed by atoms with Crippen LogP contribution in [0.2, 0.25) is 0 Å². The number of hydrogen-bond donors (Lipinski definition) is 2. The van der Waals surface area contributed by atoms with Crippen molar-refractivity contribution >= 4 is 44.9 Å². The molecule has 166 valence electrons. The molecule has 0 aliphatic rings. The zero-order valence-corrected chi connectivity index (χ0v) is 20.2. The van der Waals surface area contributed by atoms with Gasteiger partial charge in [-0.2, -0.15) is 0 Å². The lowest BCUT2D eigenvalue weighted by Crippen LogP contribution is -2.34. The van der Waals surface area contributed by atoms with Gasteiger partial charge in [0.05, 0.1) is 23.4 Å². The molecular weight excluding hydrogens is 488 g/mol. The van der Waals surface area contributed by atoms with Gasteiger partial charge < -0.3 is 14.8 Å². The maximum absolute atomic E-state index is 12.6. The molecule has 0 atom stereocenters. The third-order valence-corrected chi connectivity index (χ3v) is 5.39. The van der Waals surface area contributed by atoms with Crippen LogP contribution >= 0.6 is 28.1 Å². The zero-order chi connectivity index (χ0) is 22.8. The number of nitrogens with one attached hydrogen (secondary N) is 2. The van der Waals surface area contributed by atoms with Crippen LogP contribution in [0.3, 0.4) is 0 Å². The highest BCUT2D eigenvalue weighted by molar-refractivity contribution is 9.10. The van der Waals surface area contributed by atoms with Gasteiger partial charge in [0.1, 0.15) is 11.5 Å². The van der Waals surface area contributed by atoms with Crippen LogP contribution in [0.15, 0.2) is 77.3 Å². The van der Waals surface area contributed by atoms with Crippen molar-refractivity contribution in [1.82, 2.24) is 5.32 Å². The summed E-state index contributed by atoms with van der Waals surface area (Å²) in [7, 11) is 0. The molecule has 32 heavy (non-hydrogen) atoms. The number of rotatable bonds is 9. The van der Waals surface area contributed by atoms with E-state index in [2.05, 4.69) is 38.7 Å². The largest absolute Gasteiger partial charge is 0.493 e. The Balaban J connectivity index is 1.53. The lowest BCUT2D eigenvalue weighted by Gasteiger charge is -2.15. The second-order valence-corrected chi connectivity index (χ2v) is 8.18. The minimum Gasteiger partial charge on any atom is -0.493 e. The third-order valence-electron chi connectivity index (χ3n) is 4.57. The molecule has 0 saturated carbocycles. The van der Waals surface area contributed by atoms with Crippen molar-refractivity contribution in [2.45, 2.75) is 19.8 Å². The fourth-order valence-corrected chi connectivity index (χ4v) is 3.74. The van der Waals surface area contributed by atoms with Crippen molar-refractivity contribution in [1.29, 1.82) is 0 Å². The van der Waals surface area contributed by atoms with E-state index in [9.17, 15) is 4.79 Å². The number of carbonyl (C=O) groups is 1. The Morgan fingerprint density at radius 3 is 2.47 bits per heavy atom. The van der Waals surface area contributed by atoms with Crippen molar-refractivity contribution in [2.24, 2.45) is 0 Å². The second kappa shape index (κ2) is 12.2. The maximum Gasteiger partial charge on any atom is 0.257 e. The van der Waals surface area contributed by atoms with Crippen LogP contribution in [0.4, 0.5) is 5.69 Å². The minimum atomic E-state index is -0.312. The molecule has 3 aromatic carbocycles. The highest BCUT2D eigenvalue weighted by Crippen LogP contribution is 2.26. The lowest BCUT2D eigenvalue weighted by molar-refractivity contribution is 0.0977. The molecule has 0 unspecified atom stereocenters. The van der Waals surface area contributed by atoms with Crippen LogP contribution in [-0.4, -0.2) is 24.2 Å². The number of para-hydroxylation sites is 2. The average Bonchev–Trinajstić information content (AvgIpc) is 2.80. The average molecular weight is 513 g/mol. The van der Waals surface area contributed by atoms with E-state index in [0.29, 0.717) is 40.4 Å². The summed E-state index contributed by atoms with van der Waals surface area (Å²) in [4.78, 5) is 12.6. The van der Waals surface area contributed by atoms with Gasteiger partial charge in [0.15, 0.2) is 5.11 Å². The van der Waals surface area contributed by atoms with Crippen molar-refractivity contribution in [3.63, 3.8) is 0 Å². The van der Waals surface area contributed by atoms with Gasteiger partial charge in [0, 0.05) is 5.56 Å². The molecule has 0 heterocycles. The topological polar surface area (TPSA) is 59.6 Å². The van der Waals surface area contributed by atoms with Gasteiger partial charge in [-0.05, 0) is 83.8 Å². The Morgan fingerprint density at radius 1 is 0.969 bits per heavy atom. The van der Waals surface area contributed by atoms with Crippen LogP contribution in [0.25, 0.3) is 0 Å². The Kier molecular flexibility index (Phi) is 9.07. The summed E-state index contributed by atoms with van der Waals surface area (Å²) in [6.45, 7) is 3.03. The highest BCUT2D eigenvalue weighted by Gasteiger charge is 2.12. The Hall–Kier alpha value is -2.90. The fourth-order valence-electron chi connectivity index (χ4n) is 3.04. The maximum atomic E-state index is 12.6. The SMILES string of the molecule is CCOc1ccc(C(=O)NC(=S)Nc2ccccc2OCCCc2ccccc2)cc1Br. The van der Waals surface area contributed by atoms with Gasteiger partial charge in [-0.3, -0.25) is 10.1 Å². The molecule has 0 aromatic heterocycles. The number of carbonyl (C=O) groups excluding carboxylic acids is 1. The lowest BCUT2D eigenvalue weighted by atomic mass is 10.1. The third kappa shape index (κ3) is 7.07. The molecule has 3 aromatic rings. The molecule has 3 rings (SSSR count). The summed E-state index contributed by atoms with van der Waals surface area (Å²) in [5.74, 6) is 1.05. The predicted octanol–water partition coefficient (Wildman–Crippen LogP) is 5.99. The zero-order valence-electron chi connectivity index (χ0n) is 17.8. The predicted molar refractivity (Wildman–Crippen MR) is 136 cm³/mol. The van der Waals surface area contributed by atoms with Crippen molar-refractivity contribution in [2.75, 3.05) is 18.5 Å². The van der Waals surface area contributed by atoms with Crippen LogP contribution in [0.5, 0.6) is 11.5 Å². The van der Waals surface area contributed by atoms with Crippen molar-refractivity contribution < 1.29 is 14.3 Å². The van der Waals surface area contributed by atoms with Gasteiger partial charge in [-0.15, -0.1) is 0 Å². The number of anilines is 1. The van der Waals surface area contributed by atoms with Crippen LogP contribution in [0, 0.1) is 0 Å². The first kappa shape index (κ1) is 23.8. The molecule has 0 aliphatic carbocycles. The molecular formula is C25H25BrN2O3S. The summed E-state index contributed by atoms with van der Waals surface area (Å²) >= 11 is 8.76. The molecule has 0 saturated heterocycles. The minimum absolute atomic E-state index is 0.195. The number of ether oxygens (including phenoxy) is 2. The molecule has 1 amide bonds. The first-order valence-corrected chi connectivity index (χ1v) is 11.6. The molecule has 7 heteroatoms. The monoisotopic (exact) mass is 512 g/mol. The van der Waals surface area contributed by atoms with Gasteiger partial charge in [-0.25, -0.2) is 0 Å². The Morgan fingerprint density at radius 2 is 1.72 bits per heavy atom. The number of amides is 1. The van der Waals surface area contributed by atoms with Crippen LogP contribution < -0.4 is 20.1 Å². The number of halogens is 1. The molecule has 0 bridgehead atoms. The molecule has 0 fully saturated rings. The molecule has 2 N–H and O–H groups in total. The number of aryl methyl sites for hydroxylation is 1. The van der Waals surface area contributed by atoms with Gasteiger partial charge in [0.2, 0.25) is 0 Å². The quantitative estimate of drug-likeness (QED) is 0.272. The summed E-state index contributed by atoms with van der Waals surface area (Å²) in [5, 5.41) is 5.95. The molecule has 0 aliphatic heterocycles. The fraction of sp³-hybridized carbons (Fsp3) is 0.200. The van der Waals surface area contributed by atoms with Crippen LogP contribution in [0.1, 0.15) is 29.3 Å². The normalized spacial score (nSPS) is 10.3. The summed E-state index contributed by atoms with van der Waals surface area (Å²) in [6.07, 6.45) is 1.84. The first-order valence-electron chi connectivity index (χ1n) is 10.4. The summed E-state index contributed by atoms with van der Waals surface area (Å²) in [6, 6.07) is 23.0. The summed E-state index contributed by atoms with van der Waals surface area (Å²) in [5.41, 5.74) is 2.45. The van der Waals surface area contributed by atoms with Crippen LogP contribution in [-0.2, 0) is 6.42 Å². The van der Waals surface area contributed by atoms with E-state index in [-0.39, 0.29) is 11.0 Å². The van der Waals surface area contributed by atoms with Gasteiger partial charge in [-0.1, -0.05) is 42.5 Å². The molecule has 0 spiro atoms. The van der Waals surface area contributed by atoms with E-state index in [1.807, 2.05) is 49.4 Å². The van der Waals surface area contributed by atoms with E-state index in [0.717, 1.165) is 12.8 Å². The number of benzene rings is 3. The summed E-state index contributed by atoms with van der Waals surface area (Å²) < 4.78 is 12.1. The van der Waals surface area contributed by atoms with E-state index in [1.54, 1.807) is 18.2 Å². The Bertz CT molecular complexity index is 1060. The standard InChI is InChI=1S/C25H25BrN2O3S/c1-2-30-22-15-14-19(17-20(22)26)24(29)28-25(32)27-21-12-6-7-13-23(21)31-16-8-11-18-9-4-3-5-10-18/h3-7,9-10,12-15,17H,2,8,11,16H2,1H3,(H2,27,28,29,32). The van der Waals surface area contributed by atoms with E-state index < -0.39 is 0 Å². The Labute approximate surface area is 202 Å². The second-order valence-electron chi connectivity index (χ2n) is 6.92. The smallest absolute Gasteiger partial charge is 0.257 e. The van der Waals surface area contributed by atoms with Crippen molar-refractivity contribution in [3.05, 3.63) is 88.4 Å². The van der Waals surface area contributed by atoms with E-state index >= 15 is 0 Å². The number of thiocarbonyl (C=S) groups is 1. The van der Waals surface area contributed by atoms with Crippen molar-refractivity contribution in [3.8, 4) is 11.5 Å². The molecule has 0 radical (unpaired) electrons. The van der Waals surface area contributed by atoms with E-state index in [4.69, 9.17) is 21.7 Å². The number of hydrogen-bond acceptors (Lipinski definition) is 4. The first-order chi connectivity index (χ1) is 15.6. The van der Waals surface area contributed by atoms with Gasteiger partial charge >= 0.3 is 0 Å². The highest BCUT2D eigenvalue weighted by atomic mass is 79.9. The van der Waals surface area contributed by atoms with Gasteiger partial charge in [0.25, 0.3) is 5.91 Å². The molecule has 5 nitrogen and oxygen atoms in total. The van der Waals surface area contributed by atoms with E-state index in [1.165, 1.54) is 5.56 Å².